The summed E-state index contributed by atoms with van der Waals surface area (Å²) in [4.78, 5) is 39.3. The lowest BCUT2D eigenvalue weighted by Crippen LogP contribution is -2.13. The average Bonchev–Trinajstić information content (AvgIpc) is 2.22. The number of hydrogen-bond acceptors (Lipinski definition) is 6. The molecule has 0 unspecified atom stereocenters. The van der Waals surface area contributed by atoms with Crippen molar-refractivity contribution in [2.45, 2.75) is 20.3 Å². The number of hydrogen-bond donors (Lipinski definition) is 0. The van der Waals surface area contributed by atoms with Crippen LogP contribution in [0.3, 0.4) is 0 Å². The summed E-state index contributed by atoms with van der Waals surface area (Å²) >= 11 is 0. The summed E-state index contributed by atoms with van der Waals surface area (Å²) in [7, 11) is 0. The van der Waals surface area contributed by atoms with E-state index in [1.54, 1.807) is 13.8 Å². The lowest BCUT2D eigenvalue weighted by molar-refractivity contribution is -0.271. The van der Waals surface area contributed by atoms with Crippen molar-refractivity contribution in [2.75, 3.05) is 13.2 Å². The molecule has 86 valence electrons. The normalized spacial score (nSPS) is 9.47. The highest BCUT2D eigenvalue weighted by atomic mass is 17.2. The molecule has 0 aromatic carbocycles. The van der Waals surface area contributed by atoms with Crippen LogP contribution in [0, 0.1) is 0 Å². The fourth-order valence-corrected chi connectivity index (χ4v) is 0.572. The summed E-state index contributed by atoms with van der Waals surface area (Å²) in [6, 6.07) is 0. The van der Waals surface area contributed by atoms with Crippen molar-refractivity contribution >= 4 is 11.9 Å². The van der Waals surface area contributed by atoms with E-state index >= 15 is 0 Å². The molecule has 0 aliphatic rings. The van der Waals surface area contributed by atoms with Gasteiger partial charge in [-0.2, -0.15) is 9.78 Å². The monoisotopic (exact) mass is 218 g/mol. The Morgan fingerprint density at radius 2 is 1.60 bits per heavy atom. The van der Waals surface area contributed by atoms with E-state index in [0.29, 0.717) is 0 Å². The summed E-state index contributed by atoms with van der Waals surface area (Å²) < 4.78 is 0. The first kappa shape index (κ1) is 13.6. The van der Waals surface area contributed by atoms with Crippen LogP contribution >= 0.6 is 0 Å². The summed E-state index contributed by atoms with van der Waals surface area (Å²) in [5, 5.41) is 0. The number of rotatable bonds is 7. The summed E-state index contributed by atoms with van der Waals surface area (Å²) in [5.41, 5.74) is -0.0619. The molecule has 0 amide bonds. The van der Waals surface area contributed by atoms with Crippen molar-refractivity contribution in [3.63, 3.8) is 0 Å². The zero-order valence-electron chi connectivity index (χ0n) is 8.78. The molecular weight excluding hydrogens is 204 g/mol. The van der Waals surface area contributed by atoms with Crippen LogP contribution in [0.25, 0.3) is 0 Å². The molecule has 15 heavy (non-hydrogen) atoms. The minimum atomic E-state index is -0.801. The van der Waals surface area contributed by atoms with E-state index in [-0.39, 0.29) is 25.2 Å². The van der Waals surface area contributed by atoms with Crippen LogP contribution in [0.1, 0.15) is 20.3 Å². The van der Waals surface area contributed by atoms with Gasteiger partial charge in [-0.05, 0) is 13.8 Å². The van der Waals surface area contributed by atoms with Crippen molar-refractivity contribution in [2.24, 2.45) is 0 Å². The molecule has 0 fully saturated rings. The molecule has 6 nitrogen and oxygen atoms in total. The second kappa shape index (κ2) is 7.95. The van der Waals surface area contributed by atoms with Gasteiger partial charge in [0.2, 0.25) is 0 Å². The zero-order valence-corrected chi connectivity index (χ0v) is 8.78. The van der Waals surface area contributed by atoms with Crippen LogP contribution in [-0.2, 0) is 29.1 Å². The van der Waals surface area contributed by atoms with Crippen LogP contribution in [0.5, 0.6) is 0 Å². The summed E-state index contributed by atoms with van der Waals surface area (Å²) in [5.74, 6) is -1.51. The first-order chi connectivity index (χ1) is 7.11. The smallest absolute Gasteiger partial charge is 0.298 e. The Balaban J connectivity index is 3.80. The third-order valence-electron chi connectivity index (χ3n) is 1.17. The first-order valence-corrected chi connectivity index (χ1v) is 4.45. The maximum Gasteiger partial charge on any atom is 0.369 e. The van der Waals surface area contributed by atoms with E-state index < -0.39 is 11.9 Å². The Morgan fingerprint density at radius 1 is 1.07 bits per heavy atom. The van der Waals surface area contributed by atoms with Crippen LogP contribution in [0.2, 0.25) is 0 Å². The van der Waals surface area contributed by atoms with Crippen LogP contribution in [-0.4, -0.2) is 25.2 Å². The van der Waals surface area contributed by atoms with Crippen molar-refractivity contribution in [3.05, 3.63) is 12.2 Å². The van der Waals surface area contributed by atoms with Gasteiger partial charge in [0.05, 0.1) is 19.6 Å². The van der Waals surface area contributed by atoms with Crippen molar-refractivity contribution < 1.29 is 29.1 Å². The SMILES string of the molecule is C=C(CC(=O)OOCC)C(=O)OOCC. The second-order valence-corrected chi connectivity index (χ2v) is 2.42. The van der Waals surface area contributed by atoms with Gasteiger partial charge in [-0.25, -0.2) is 9.59 Å². The molecule has 0 N–H and O–H groups in total. The lowest BCUT2D eigenvalue weighted by atomic mass is 10.2. The Kier molecular flexibility index (Phi) is 7.21. The largest absolute Gasteiger partial charge is 0.369 e. The quantitative estimate of drug-likeness (QED) is 0.359. The molecule has 0 aromatic heterocycles. The molecule has 6 heteroatoms. The highest BCUT2D eigenvalue weighted by Crippen LogP contribution is 2.03. The fourth-order valence-electron chi connectivity index (χ4n) is 0.572. The average molecular weight is 218 g/mol. The lowest BCUT2D eigenvalue weighted by Gasteiger charge is -2.03. The van der Waals surface area contributed by atoms with Crippen LogP contribution in [0.15, 0.2) is 12.2 Å². The minimum Gasteiger partial charge on any atom is -0.298 e. The van der Waals surface area contributed by atoms with Gasteiger partial charge in [0.1, 0.15) is 0 Å². The van der Waals surface area contributed by atoms with Gasteiger partial charge < -0.3 is 0 Å². The molecule has 0 spiro atoms. The Morgan fingerprint density at radius 3 is 2.13 bits per heavy atom. The molecule has 0 atom stereocenters. The van der Waals surface area contributed by atoms with Crippen molar-refractivity contribution in [3.8, 4) is 0 Å². The van der Waals surface area contributed by atoms with E-state index in [0.717, 1.165) is 0 Å². The van der Waals surface area contributed by atoms with Crippen LogP contribution in [0.4, 0.5) is 0 Å². The summed E-state index contributed by atoms with van der Waals surface area (Å²) in [6.45, 7) is 7.12. The molecule has 0 aliphatic carbocycles. The number of carbonyl (C=O) groups is 2. The standard InChI is InChI=1S/C9H14O6/c1-4-12-14-8(10)6-7(3)9(11)15-13-5-2/h3-6H2,1-2H3. The highest BCUT2D eigenvalue weighted by Gasteiger charge is 2.15. The molecule has 0 aromatic rings. The van der Waals surface area contributed by atoms with E-state index in [9.17, 15) is 9.59 Å². The van der Waals surface area contributed by atoms with E-state index in [1.807, 2.05) is 0 Å². The van der Waals surface area contributed by atoms with Crippen molar-refractivity contribution in [1.82, 2.24) is 0 Å². The Bertz CT molecular complexity index is 235. The fraction of sp³-hybridized carbons (Fsp3) is 0.556. The maximum atomic E-state index is 11.0. The van der Waals surface area contributed by atoms with Gasteiger partial charge in [0.25, 0.3) is 0 Å². The molecule has 0 saturated heterocycles. The van der Waals surface area contributed by atoms with E-state index in [2.05, 4.69) is 26.1 Å². The van der Waals surface area contributed by atoms with Gasteiger partial charge >= 0.3 is 11.9 Å². The van der Waals surface area contributed by atoms with Gasteiger partial charge in [-0.1, -0.05) is 6.58 Å². The zero-order chi connectivity index (χ0) is 11.7. The molecule has 0 radical (unpaired) electrons. The predicted octanol–water partition coefficient (Wildman–Crippen LogP) is 0.922. The van der Waals surface area contributed by atoms with Crippen LogP contribution < -0.4 is 0 Å². The maximum absolute atomic E-state index is 11.0. The topological polar surface area (TPSA) is 71.1 Å². The number of carbonyl (C=O) groups excluding carboxylic acids is 2. The van der Waals surface area contributed by atoms with Gasteiger partial charge in [0, 0.05) is 5.57 Å². The predicted molar refractivity (Wildman–Crippen MR) is 49.2 cm³/mol. The van der Waals surface area contributed by atoms with Gasteiger partial charge in [-0.15, -0.1) is 0 Å². The Labute approximate surface area is 87.6 Å². The third kappa shape index (κ3) is 6.64. The van der Waals surface area contributed by atoms with Gasteiger partial charge in [-0.3, -0.25) is 9.78 Å². The van der Waals surface area contributed by atoms with E-state index in [4.69, 9.17) is 0 Å². The summed E-state index contributed by atoms with van der Waals surface area (Å²) in [6.07, 6.45) is -0.300. The Hall–Kier alpha value is -1.40. The first-order valence-electron chi connectivity index (χ1n) is 4.45. The molecule has 0 aliphatic heterocycles. The molecule has 0 rings (SSSR count). The minimum absolute atomic E-state index is 0.0619. The van der Waals surface area contributed by atoms with Crippen molar-refractivity contribution in [1.29, 1.82) is 0 Å². The molecular formula is C9H14O6. The van der Waals surface area contributed by atoms with E-state index in [1.165, 1.54) is 0 Å². The molecule has 0 saturated carbocycles. The molecule has 0 heterocycles. The second-order valence-electron chi connectivity index (χ2n) is 2.42. The van der Waals surface area contributed by atoms with Gasteiger partial charge in [0.15, 0.2) is 0 Å². The molecule has 0 bridgehead atoms. The third-order valence-corrected chi connectivity index (χ3v) is 1.17. The highest BCUT2D eigenvalue weighted by molar-refractivity contribution is 5.92.